The number of anilines is 1. The van der Waals surface area contributed by atoms with Gasteiger partial charge in [0.25, 0.3) is 0 Å². The maximum absolute atomic E-state index is 11.0. The molecule has 0 heterocycles. The summed E-state index contributed by atoms with van der Waals surface area (Å²) in [6, 6.07) is 4.47. The summed E-state index contributed by atoms with van der Waals surface area (Å²) in [5.74, 6) is 0. The van der Waals surface area contributed by atoms with Crippen molar-refractivity contribution in [1.82, 2.24) is 0 Å². The molecule has 0 aliphatic heterocycles. The number of unbranched alkanes of at least 4 members (excludes halogenated alkanes) is 1. The van der Waals surface area contributed by atoms with Gasteiger partial charge in [0, 0.05) is 21.8 Å². The fourth-order valence-electron chi connectivity index (χ4n) is 1.97. The van der Waals surface area contributed by atoms with Crippen molar-refractivity contribution in [2.45, 2.75) is 52.5 Å². The second-order valence-corrected chi connectivity index (χ2v) is 5.54. The summed E-state index contributed by atoms with van der Waals surface area (Å²) in [4.78, 5) is 11.0. The van der Waals surface area contributed by atoms with Crippen molar-refractivity contribution in [1.29, 1.82) is 0 Å². The summed E-state index contributed by atoms with van der Waals surface area (Å²) in [6.07, 6.45) is 5.64. The SMILES string of the molecule is CCCCC(CC)Nc1cc(Br)c(C)c(C=O)c1. The quantitative estimate of drug-likeness (QED) is 0.722. The minimum atomic E-state index is 0.485. The highest BCUT2D eigenvalue weighted by Crippen LogP contribution is 2.25. The topological polar surface area (TPSA) is 29.1 Å². The standard InChI is InChI=1S/C15H22BrNO/c1-4-6-7-13(5-2)17-14-8-12(10-18)11(3)15(16)9-14/h8-10,13,17H,4-7H2,1-3H3. The molecule has 1 rings (SSSR count). The molecule has 1 unspecified atom stereocenters. The van der Waals surface area contributed by atoms with Gasteiger partial charge in [-0.1, -0.05) is 42.6 Å². The number of hydrogen-bond acceptors (Lipinski definition) is 2. The van der Waals surface area contributed by atoms with Crippen LogP contribution in [0.25, 0.3) is 0 Å². The van der Waals surface area contributed by atoms with Gasteiger partial charge in [0.05, 0.1) is 0 Å². The summed E-state index contributed by atoms with van der Waals surface area (Å²) in [5, 5.41) is 3.52. The summed E-state index contributed by atoms with van der Waals surface area (Å²) < 4.78 is 0.986. The molecular formula is C15H22BrNO. The molecular weight excluding hydrogens is 290 g/mol. The zero-order chi connectivity index (χ0) is 13.5. The van der Waals surface area contributed by atoms with Crippen molar-refractivity contribution >= 4 is 27.9 Å². The lowest BCUT2D eigenvalue weighted by Crippen LogP contribution is -2.18. The van der Waals surface area contributed by atoms with E-state index in [1.807, 2.05) is 13.0 Å². The van der Waals surface area contributed by atoms with E-state index in [0.29, 0.717) is 6.04 Å². The molecule has 1 aromatic rings. The van der Waals surface area contributed by atoms with Gasteiger partial charge >= 0.3 is 0 Å². The molecule has 3 heteroatoms. The molecule has 0 aromatic heterocycles. The molecule has 0 radical (unpaired) electrons. The lowest BCUT2D eigenvalue weighted by atomic mass is 10.1. The molecule has 0 saturated heterocycles. The van der Waals surface area contributed by atoms with E-state index >= 15 is 0 Å². The van der Waals surface area contributed by atoms with Crippen molar-refractivity contribution in [3.63, 3.8) is 0 Å². The smallest absolute Gasteiger partial charge is 0.150 e. The molecule has 0 aliphatic rings. The van der Waals surface area contributed by atoms with Crippen LogP contribution < -0.4 is 5.32 Å². The van der Waals surface area contributed by atoms with Gasteiger partial charge in [-0.2, -0.15) is 0 Å². The first-order valence-electron chi connectivity index (χ1n) is 6.64. The number of rotatable bonds is 7. The Bertz CT molecular complexity index is 404. The Morgan fingerprint density at radius 1 is 1.39 bits per heavy atom. The van der Waals surface area contributed by atoms with E-state index in [4.69, 9.17) is 0 Å². The van der Waals surface area contributed by atoms with Crippen molar-refractivity contribution < 1.29 is 4.79 Å². The first-order chi connectivity index (χ1) is 8.62. The minimum absolute atomic E-state index is 0.485. The molecule has 0 bridgehead atoms. The molecule has 0 spiro atoms. The predicted molar refractivity (Wildman–Crippen MR) is 81.5 cm³/mol. The third-order valence-electron chi connectivity index (χ3n) is 3.28. The largest absolute Gasteiger partial charge is 0.382 e. The number of nitrogens with one attached hydrogen (secondary N) is 1. The van der Waals surface area contributed by atoms with Crippen LogP contribution in [0.4, 0.5) is 5.69 Å². The Balaban J connectivity index is 2.83. The molecule has 1 atom stereocenters. The highest BCUT2D eigenvalue weighted by molar-refractivity contribution is 9.10. The van der Waals surface area contributed by atoms with E-state index in [-0.39, 0.29) is 0 Å². The van der Waals surface area contributed by atoms with E-state index < -0.39 is 0 Å². The highest BCUT2D eigenvalue weighted by atomic mass is 79.9. The first kappa shape index (κ1) is 15.2. The summed E-state index contributed by atoms with van der Waals surface area (Å²) >= 11 is 3.50. The third-order valence-corrected chi connectivity index (χ3v) is 4.10. The molecule has 0 fully saturated rings. The van der Waals surface area contributed by atoms with Crippen LogP contribution >= 0.6 is 15.9 Å². The van der Waals surface area contributed by atoms with Crippen LogP contribution in [0.2, 0.25) is 0 Å². The molecule has 0 aliphatic carbocycles. The number of halogens is 1. The van der Waals surface area contributed by atoms with Gasteiger partial charge in [0.2, 0.25) is 0 Å². The van der Waals surface area contributed by atoms with Crippen LogP contribution in [0.1, 0.15) is 55.5 Å². The lowest BCUT2D eigenvalue weighted by molar-refractivity contribution is 0.112. The third kappa shape index (κ3) is 4.13. The fourth-order valence-corrected chi connectivity index (χ4v) is 2.45. The van der Waals surface area contributed by atoms with Crippen molar-refractivity contribution in [2.24, 2.45) is 0 Å². The highest BCUT2D eigenvalue weighted by Gasteiger charge is 2.09. The van der Waals surface area contributed by atoms with Gasteiger partial charge in [0.15, 0.2) is 0 Å². The van der Waals surface area contributed by atoms with Gasteiger partial charge in [-0.15, -0.1) is 0 Å². The van der Waals surface area contributed by atoms with E-state index in [1.165, 1.54) is 19.3 Å². The first-order valence-corrected chi connectivity index (χ1v) is 7.43. The van der Waals surface area contributed by atoms with Gasteiger partial charge in [-0.25, -0.2) is 0 Å². The van der Waals surface area contributed by atoms with E-state index in [2.05, 4.69) is 41.2 Å². The van der Waals surface area contributed by atoms with Crippen LogP contribution in [-0.2, 0) is 0 Å². The normalized spacial score (nSPS) is 12.2. The average Bonchev–Trinajstić information content (AvgIpc) is 2.38. The fraction of sp³-hybridized carbons (Fsp3) is 0.533. The van der Waals surface area contributed by atoms with Crippen molar-refractivity contribution in [2.75, 3.05) is 5.32 Å². The zero-order valence-corrected chi connectivity index (χ0v) is 13.0. The number of hydrogen-bond donors (Lipinski definition) is 1. The maximum Gasteiger partial charge on any atom is 0.150 e. The summed E-state index contributed by atoms with van der Waals surface area (Å²) in [7, 11) is 0. The van der Waals surface area contributed by atoms with E-state index in [1.54, 1.807) is 0 Å². The number of carbonyl (C=O) groups is 1. The Kier molecular flexibility index (Phi) is 6.41. The zero-order valence-electron chi connectivity index (χ0n) is 11.4. The number of benzene rings is 1. The van der Waals surface area contributed by atoms with E-state index in [0.717, 1.165) is 34.0 Å². The van der Waals surface area contributed by atoms with Crippen LogP contribution in [0.3, 0.4) is 0 Å². The number of carbonyl (C=O) groups excluding carboxylic acids is 1. The molecule has 0 saturated carbocycles. The monoisotopic (exact) mass is 311 g/mol. The number of aldehydes is 1. The Morgan fingerprint density at radius 3 is 2.67 bits per heavy atom. The minimum Gasteiger partial charge on any atom is -0.382 e. The molecule has 1 aromatic carbocycles. The van der Waals surface area contributed by atoms with Gasteiger partial charge in [0.1, 0.15) is 6.29 Å². The van der Waals surface area contributed by atoms with E-state index in [9.17, 15) is 4.79 Å². The van der Waals surface area contributed by atoms with Gasteiger partial charge < -0.3 is 5.32 Å². The molecule has 1 N–H and O–H groups in total. The molecule has 2 nitrogen and oxygen atoms in total. The van der Waals surface area contributed by atoms with Crippen LogP contribution in [0.15, 0.2) is 16.6 Å². The summed E-state index contributed by atoms with van der Waals surface area (Å²) in [5.41, 5.74) is 2.77. The van der Waals surface area contributed by atoms with Crippen molar-refractivity contribution in [3.8, 4) is 0 Å². The van der Waals surface area contributed by atoms with Crippen molar-refractivity contribution in [3.05, 3.63) is 27.7 Å². The van der Waals surface area contributed by atoms with Crippen LogP contribution in [0, 0.1) is 6.92 Å². The van der Waals surface area contributed by atoms with Crippen LogP contribution in [0.5, 0.6) is 0 Å². The Labute approximate surface area is 118 Å². The van der Waals surface area contributed by atoms with Gasteiger partial charge in [-0.05, 0) is 37.5 Å². The second kappa shape index (κ2) is 7.57. The second-order valence-electron chi connectivity index (χ2n) is 4.68. The summed E-state index contributed by atoms with van der Waals surface area (Å²) in [6.45, 7) is 6.35. The molecule has 0 amide bonds. The molecule has 100 valence electrons. The maximum atomic E-state index is 11.0. The Hall–Kier alpha value is -0.830. The molecule has 18 heavy (non-hydrogen) atoms. The average molecular weight is 312 g/mol. The van der Waals surface area contributed by atoms with Gasteiger partial charge in [-0.3, -0.25) is 4.79 Å². The van der Waals surface area contributed by atoms with Crippen LogP contribution in [-0.4, -0.2) is 12.3 Å². The Morgan fingerprint density at radius 2 is 2.11 bits per heavy atom. The lowest BCUT2D eigenvalue weighted by Gasteiger charge is -2.19. The predicted octanol–water partition coefficient (Wildman–Crippen LogP) is 4.95.